The van der Waals surface area contributed by atoms with Gasteiger partial charge in [-0.25, -0.2) is 9.97 Å². The van der Waals surface area contributed by atoms with Gasteiger partial charge in [0.25, 0.3) is 0 Å². The number of carbonyl (C=O) groups is 1. The van der Waals surface area contributed by atoms with Crippen molar-refractivity contribution < 1.29 is 28.3 Å². The van der Waals surface area contributed by atoms with Crippen LogP contribution in [-0.2, 0) is 29.7 Å². The van der Waals surface area contributed by atoms with Crippen LogP contribution in [0.1, 0.15) is 20.3 Å². The molecule has 0 spiro atoms. The number of nitrogens with zero attached hydrogens (tertiary/aromatic N) is 5. The second kappa shape index (κ2) is 11.2. The van der Waals surface area contributed by atoms with E-state index in [1.165, 1.54) is 13.4 Å². The first-order chi connectivity index (χ1) is 13.9. The molecule has 0 radical (unpaired) electrons. The van der Waals surface area contributed by atoms with Gasteiger partial charge in [-0.2, -0.15) is 4.98 Å². The first-order valence-corrected chi connectivity index (χ1v) is 11.2. The SMILES string of the molecule is CCOP(=O)(CCN(CCC(=O)OC)CCn1cnc2c(O)ncnc21)OCC. The number of ether oxygens (including phenoxy) is 1. The molecule has 0 aliphatic heterocycles. The molecule has 0 aromatic carbocycles. The Bertz CT molecular complexity index is 835. The summed E-state index contributed by atoms with van der Waals surface area (Å²) >= 11 is 0. The fourth-order valence-corrected chi connectivity index (χ4v) is 4.44. The average molecular weight is 429 g/mol. The van der Waals surface area contributed by atoms with Crippen molar-refractivity contribution in [1.82, 2.24) is 24.4 Å². The fourth-order valence-electron chi connectivity index (χ4n) is 2.79. The van der Waals surface area contributed by atoms with Crippen LogP contribution in [0, 0.1) is 0 Å². The summed E-state index contributed by atoms with van der Waals surface area (Å²) in [5.74, 6) is -0.496. The Labute approximate surface area is 169 Å². The minimum Gasteiger partial charge on any atom is -0.492 e. The first kappa shape index (κ1) is 23.2. The number of carbonyl (C=O) groups excluding carboxylic acids is 1. The molecule has 29 heavy (non-hydrogen) atoms. The minimum atomic E-state index is -3.19. The molecule has 162 valence electrons. The van der Waals surface area contributed by atoms with Gasteiger partial charge in [0, 0.05) is 26.2 Å². The van der Waals surface area contributed by atoms with Crippen molar-refractivity contribution in [1.29, 1.82) is 0 Å². The van der Waals surface area contributed by atoms with Crippen LogP contribution in [0.3, 0.4) is 0 Å². The van der Waals surface area contributed by atoms with E-state index >= 15 is 0 Å². The van der Waals surface area contributed by atoms with Crippen molar-refractivity contribution in [3.63, 3.8) is 0 Å². The smallest absolute Gasteiger partial charge is 0.331 e. The zero-order valence-electron chi connectivity index (χ0n) is 17.0. The highest BCUT2D eigenvalue weighted by Crippen LogP contribution is 2.47. The van der Waals surface area contributed by atoms with Gasteiger partial charge >= 0.3 is 13.6 Å². The second-order valence-corrected chi connectivity index (χ2v) is 8.33. The highest BCUT2D eigenvalue weighted by atomic mass is 31.2. The van der Waals surface area contributed by atoms with Crippen LogP contribution in [0.2, 0.25) is 0 Å². The van der Waals surface area contributed by atoms with Gasteiger partial charge in [0.15, 0.2) is 11.2 Å². The summed E-state index contributed by atoms with van der Waals surface area (Å²) in [6.07, 6.45) is 3.26. The maximum absolute atomic E-state index is 12.7. The van der Waals surface area contributed by atoms with Gasteiger partial charge in [0.1, 0.15) is 6.33 Å². The summed E-state index contributed by atoms with van der Waals surface area (Å²) in [7, 11) is -1.85. The Morgan fingerprint density at radius 3 is 2.55 bits per heavy atom. The van der Waals surface area contributed by atoms with Crippen LogP contribution in [0.4, 0.5) is 0 Å². The predicted octanol–water partition coefficient (Wildman–Crippen LogP) is 1.66. The number of fused-ring (bicyclic) bond motifs is 1. The maximum atomic E-state index is 12.7. The topological polar surface area (TPSA) is 129 Å². The maximum Gasteiger partial charge on any atom is 0.331 e. The summed E-state index contributed by atoms with van der Waals surface area (Å²) in [5, 5.41) is 9.76. The van der Waals surface area contributed by atoms with E-state index in [4.69, 9.17) is 13.8 Å². The van der Waals surface area contributed by atoms with Crippen LogP contribution in [0.25, 0.3) is 11.2 Å². The number of rotatable bonds is 13. The zero-order chi connectivity index (χ0) is 21.3. The number of aromatic nitrogens is 4. The molecule has 0 aliphatic rings. The lowest BCUT2D eigenvalue weighted by Gasteiger charge is -2.24. The van der Waals surface area contributed by atoms with E-state index in [1.807, 2.05) is 4.90 Å². The molecule has 2 aromatic heterocycles. The van der Waals surface area contributed by atoms with E-state index in [0.29, 0.717) is 50.6 Å². The van der Waals surface area contributed by atoms with Gasteiger partial charge in [-0.1, -0.05) is 0 Å². The molecule has 0 atom stereocenters. The van der Waals surface area contributed by atoms with Gasteiger partial charge in [-0.05, 0) is 13.8 Å². The van der Waals surface area contributed by atoms with Gasteiger partial charge in [-0.3, -0.25) is 9.36 Å². The Kier molecular flexibility index (Phi) is 8.97. The minimum absolute atomic E-state index is 0.175. The van der Waals surface area contributed by atoms with Crippen molar-refractivity contribution in [2.45, 2.75) is 26.8 Å². The molecule has 11 nitrogen and oxygen atoms in total. The van der Waals surface area contributed by atoms with E-state index < -0.39 is 7.60 Å². The number of imidazole rings is 1. The normalized spacial score (nSPS) is 12.0. The third-order valence-corrected chi connectivity index (χ3v) is 6.29. The highest BCUT2D eigenvalue weighted by molar-refractivity contribution is 7.53. The van der Waals surface area contributed by atoms with E-state index in [2.05, 4.69) is 15.0 Å². The van der Waals surface area contributed by atoms with Crippen LogP contribution >= 0.6 is 7.60 Å². The Morgan fingerprint density at radius 2 is 1.90 bits per heavy atom. The zero-order valence-corrected chi connectivity index (χ0v) is 17.9. The van der Waals surface area contributed by atoms with Crippen molar-refractivity contribution in [3.05, 3.63) is 12.7 Å². The lowest BCUT2D eigenvalue weighted by molar-refractivity contribution is -0.140. The third-order valence-electron chi connectivity index (χ3n) is 4.24. The quantitative estimate of drug-likeness (QED) is 0.371. The van der Waals surface area contributed by atoms with Crippen LogP contribution in [0.15, 0.2) is 12.7 Å². The standard InChI is InChI=1S/C17H28N5O6P/c1-4-27-29(25,28-5-2)11-10-21(7-6-14(23)26-3)8-9-22-13-20-15-16(22)18-12-19-17(15)24/h12-13H,4-11H2,1-3H3,(H,18,19,24). The molecular weight excluding hydrogens is 401 g/mol. The van der Waals surface area contributed by atoms with E-state index in [1.54, 1.807) is 24.7 Å². The molecule has 0 unspecified atom stereocenters. The molecule has 0 saturated carbocycles. The van der Waals surface area contributed by atoms with Crippen molar-refractivity contribution in [2.24, 2.45) is 0 Å². The summed E-state index contributed by atoms with van der Waals surface area (Å²) in [5.41, 5.74) is 0.838. The lowest BCUT2D eigenvalue weighted by atomic mass is 10.3. The summed E-state index contributed by atoms with van der Waals surface area (Å²) in [6, 6.07) is 0. The van der Waals surface area contributed by atoms with E-state index in [-0.39, 0.29) is 24.4 Å². The molecule has 2 aromatic rings. The summed E-state index contributed by atoms with van der Waals surface area (Å²) in [6.45, 7) is 6.00. The molecule has 12 heteroatoms. The second-order valence-electron chi connectivity index (χ2n) is 6.15. The molecule has 1 N–H and O–H groups in total. The van der Waals surface area contributed by atoms with Crippen LogP contribution in [-0.4, -0.2) is 81.6 Å². The monoisotopic (exact) mass is 429 g/mol. The number of aromatic hydroxyl groups is 1. The molecule has 2 heterocycles. The Balaban J connectivity index is 2.05. The van der Waals surface area contributed by atoms with Crippen LogP contribution in [0.5, 0.6) is 5.88 Å². The lowest BCUT2D eigenvalue weighted by Crippen LogP contribution is -2.33. The average Bonchev–Trinajstić information content (AvgIpc) is 3.12. The van der Waals surface area contributed by atoms with Crippen molar-refractivity contribution >= 4 is 24.7 Å². The van der Waals surface area contributed by atoms with E-state index in [0.717, 1.165) is 0 Å². The highest BCUT2D eigenvalue weighted by Gasteiger charge is 2.24. The number of hydrogen-bond donors (Lipinski definition) is 1. The van der Waals surface area contributed by atoms with Crippen LogP contribution < -0.4 is 0 Å². The molecular formula is C17H28N5O6P. The fraction of sp³-hybridized carbons (Fsp3) is 0.647. The molecule has 0 bridgehead atoms. The van der Waals surface area contributed by atoms with Gasteiger partial charge in [0.2, 0.25) is 5.88 Å². The van der Waals surface area contributed by atoms with Gasteiger partial charge in [0.05, 0.1) is 39.2 Å². The summed E-state index contributed by atoms with van der Waals surface area (Å²) < 4.78 is 29.9. The molecule has 2 rings (SSSR count). The van der Waals surface area contributed by atoms with Gasteiger partial charge in [-0.15, -0.1) is 0 Å². The summed E-state index contributed by atoms with van der Waals surface area (Å²) in [4.78, 5) is 25.5. The Morgan fingerprint density at radius 1 is 1.17 bits per heavy atom. The van der Waals surface area contributed by atoms with Gasteiger partial charge < -0.3 is 28.4 Å². The molecule has 0 fully saturated rings. The van der Waals surface area contributed by atoms with E-state index in [9.17, 15) is 14.5 Å². The first-order valence-electron chi connectivity index (χ1n) is 9.44. The molecule has 0 aliphatic carbocycles. The molecule has 0 saturated heterocycles. The number of methoxy groups -OCH3 is 1. The van der Waals surface area contributed by atoms with Crippen molar-refractivity contribution in [3.8, 4) is 5.88 Å². The Hall–Kier alpha value is -2.07. The largest absolute Gasteiger partial charge is 0.492 e. The number of hydrogen-bond acceptors (Lipinski definition) is 10. The molecule has 0 amide bonds. The predicted molar refractivity (Wildman–Crippen MR) is 106 cm³/mol. The number of esters is 1. The van der Waals surface area contributed by atoms with Crippen molar-refractivity contribution in [2.75, 3.05) is 46.1 Å². The third kappa shape index (κ3) is 6.74.